The Morgan fingerprint density at radius 2 is 1.89 bits per heavy atom. The van der Waals surface area contributed by atoms with Crippen LogP contribution in [0.1, 0.15) is 48.9 Å². The smallest absolute Gasteiger partial charge is 0.270 e. The van der Waals surface area contributed by atoms with E-state index in [2.05, 4.69) is 0 Å². The number of benzene rings is 1. The average Bonchev–Trinajstić information content (AvgIpc) is 2.67. The molecule has 0 amide bonds. The molecule has 0 unspecified atom stereocenters. The van der Waals surface area contributed by atoms with Gasteiger partial charge in [-0.1, -0.05) is 12.8 Å². The van der Waals surface area contributed by atoms with Crippen molar-refractivity contribution >= 4 is 12.0 Å². The summed E-state index contributed by atoms with van der Waals surface area (Å²) in [5.41, 5.74) is 0.161. The third kappa shape index (κ3) is 3.53. The van der Waals surface area contributed by atoms with Crippen LogP contribution in [0, 0.1) is 10.1 Å². The number of nitro benzene ring substituents is 1. The van der Waals surface area contributed by atoms with E-state index in [4.69, 9.17) is 4.74 Å². The van der Waals surface area contributed by atoms with Crippen LogP contribution in [0.15, 0.2) is 18.2 Å². The van der Waals surface area contributed by atoms with E-state index >= 15 is 0 Å². The summed E-state index contributed by atoms with van der Waals surface area (Å²) in [6.07, 6.45) is 7.40. The van der Waals surface area contributed by atoms with Gasteiger partial charge < -0.3 is 4.74 Å². The Kier molecular flexibility index (Phi) is 4.49. The maximum atomic E-state index is 11.0. The molecule has 0 N–H and O–H groups in total. The first-order valence-electron chi connectivity index (χ1n) is 6.61. The van der Waals surface area contributed by atoms with Crippen LogP contribution in [0.2, 0.25) is 0 Å². The van der Waals surface area contributed by atoms with Gasteiger partial charge in [0.25, 0.3) is 5.69 Å². The number of nitrogens with zero attached hydrogens (tertiary/aromatic N) is 1. The number of carbonyl (C=O) groups excluding carboxylic acids is 1. The predicted molar refractivity (Wildman–Crippen MR) is 70.6 cm³/mol. The molecular weight excluding hydrogens is 246 g/mol. The van der Waals surface area contributed by atoms with Crippen molar-refractivity contribution in [2.24, 2.45) is 0 Å². The highest BCUT2D eigenvalue weighted by molar-refractivity contribution is 5.80. The second kappa shape index (κ2) is 6.31. The molecule has 1 fully saturated rings. The highest BCUT2D eigenvalue weighted by atomic mass is 16.6. The van der Waals surface area contributed by atoms with Crippen LogP contribution >= 0.6 is 0 Å². The molecule has 0 aliphatic heterocycles. The summed E-state index contributed by atoms with van der Waals surface area (Å²) in [7, 11) is 0. The van der Waals surface area contributed by atoms with Gasteiger partial charge in [-0.05, 0) is 31.7 Å². The van der Waals surface area contributed by atoms with Gasteiger partial charge in [-0.25, -0.2) is 0 Å². The number of aldehydes is 1. The standard InChI is InChI=1S/C14H17NO4/c16-10-11-9-12(15(17)18)7-8-14(11)19-13-5-3-1-2-4-6-13/h7-10,13H,1-6H2. The first-order chi connectivity index (χ1) is 9.20. The van der Waals surface area contributed by atoms with Crippen molar-refractivity contribution in [2.45, 2.75) is 44.6 Å². The third-order valence-corrected chi connectivity index (χ3v) is 3.43. The fraction of sp³-hybridized carbons (Fsp3) is 0.500. The summed E-state index contributed by atoms with van der Waals surface area (Å²) in [4.78, 5) is 21.2. The van der Waals surface area contributed by atoms with Gasteiger partial charge in [-0.2, -0.15) is 0 Å². The quantitative estimate of drug-likeness (QED) is 0.361. The van der Waals surface area contributed by atoms with Crippen molar-refractivity contribution in [2.75, 3.05) is 0 Å². The van der Waals surface area contributed by atoms with Crippen molar-refractivity contribution in [1.29, 1.82) is 0 Å². The van der Waals surface area contributed by atoms with Crippen LogP contribution in [-0.2, 0) is 0 Å². The molecule has 5 nitrogen and oxygen atoms in total. The Bertz CT molecular complexity index is 465. The van der Waals surface area contributed by atoms with Crippen LogP contribution < -0.4 is 4.74 Å². The Morgan fingerprint density at radius 3 is 2.47 bits per heavy atom. The summed E-state index contributed by atoms with van der Waals surface area (Å²) in [5.74, 6) is 0.451. The maximum absolute atomic E-state index is 11.0. The molecule has 19 heavy (non-hydrogen) atoms. The van der Waals surface area contributed by atoms with E-state index < -0.39 is 4.92 Å². The number of hydrogen-bond acceptors (Lipinski definition) is 4. The molecule has 2 rings (SSSR count). The Morgan fingerprint density at radius 1 is 1.21 bits per heavy atom. The molecule has 0 spiro atoms. The number of hydrogen-bond donors (Lipinski definition) is 0. The van der Waals surface area contributed by atoms with Gasteiger partial charge in [0.05, 0.1) is 16.6 Å². The minimum Gasteiger partial charge on any atom is -0.490 e. The van der Waals surface area contributed by atoms with Gasteiger partial charge in [0.2, 0.25) is 0 Å². The van der Waals surface area contributed by atoms with Crippen molar-refractivity contribution < 1.29 is 14.5 Å². The highest BCUT2D eigenvalue weighted by Crippen LogP contribution is 2.27. The number of rotatable bonds is 4. The molecule has 1 aliphatic rings. The molecular formula is C14H17NO4. The first kappa shape index (κ1) is 13.5. The van der Waals surface area contributed by atoms with E-state index in [1.54, 1.807) is 0 Å². The van der Waals surface area contributed by atoms with Crippen molar-refractivity contribution in [1.82, 2.24) is 0 Å². The molecule has 0 bridgehead atoms. The lowest BCUT2D eigenvalue weighted by Crippen LogP contribution is -2.16. The summed E-state index contributed by atoms with van der Waals surface area (Å²) in [6, 6.07) is 4.16. The van der Waals surface area contributed by atoms with Crippen LogP contribution in [0.25, 0.3) is 0 Å². The minimum atomic E-state index is -0.511. The highest BCUT2D eigenvalue weighted by Gasteiger charge is 2.17. The molecule has 0 atom stereocenters. The summed E-state index contributed by atoms with van der Waals surface area (Å²) in [5, 5.41) is 10.7. The van der Waals surface area contributed by atoms with Crippen LogP contribution in [0.5, 0.6) is 5.75 Å². The molecule has 0 aromatic heterocycles. The maximum Gasteiger partial charge on any atom is 0.270 e. The van der Waals surface area contributed by atoms with E-state index in [-0.39, 0.29) is 17.4 Å². The Balaban J connectivity index is 2.14. The normalized spacial score (nSPS) is 16.6. The molecule has 1 aromatic rings. The summed E-state index contributed by atoms with van der Waals surface area (Å²) >= 11 is 0. The van der Waals surface area contributed by atoms with E-state index in [1.165, 1.54) is 31.0 Å². The van der Waals surface area contributed by atoms with Gasteiger partial charge in [0.15, 0.2) is 6.29 Å². The molecule has 5 heteroatoms. The molecule has 1 saturated carbocycles. The monoisotopic (exact) mass is 263 g/mol. The van der Waals surface area contributed by atoms with Gasteiger partial charge >= 0.3 is 0 Å². The zero-order valence-electron chi connectivity index (χ0n) is 10.7. The molecule has 102 valence electrons. The van der Waals surface area contributed by atoms with E-state index in [0.717, 1.165) is 25.7 Å². The Labute approximate surface area is 111 Å². The van der Waals surface area contributed by atoms with Gasteiger partial charge in [-0.15, -0.1) is 0 Å². The zero-order valence-corrected chi connectivity index (χ0v) is 10.7. The van der Waals surface area contributed by atoms with Crippen LogP contribution in [-0.4, -0.2) is 17.3 Å². The minimum absolute atomic E-state index is 0.0877. The second-order valence-electron chi connectivity index (χ2n) is 4.83. The Hall–Kier alpha value is -1.91. The first-order valence-corrected chi connectivity index (χ1v) is 6.61. The third-order valence-electron chi connectivity index (χ3n) is 3.43. The van der Waals surface area contributed by atoms with Crippen molar-refractivity contribution in [3.8, 4) is 5.75 Å². The predicted octanol–water partition coefficient (Wildman–Crippen LogP) is 3.51. The fourth-order valence-corrected chi connectivity index (χ4v) is 2.39. The average molecular weight is 263 g/mol. The van der Waals surface area contributed by atoms with Gasteiger partial charge in [-0.3, -0.25) is 14.9 Å². The van der Waals surface area contributed by atoms with E-state index in [9.17, 15) is 14.9 Å². The van der Waals surface area contributed by atoms with Gasteiger partial charge in [0, 0.05) is 12.1 Å². The largest absolute Gasteiger partial charge is 0.490 e. The second-order valence-corrected chi connectivity index (χ2v) is 4.83. The number of non-ortho nitro benzene ring substituents is 1. The van der Waals surface area contributed by atoms with Crippen molar-refractivity contribution in [3.05, 3.63) is 33.9 Å². The molecule has 0 saturated heterocycles. The summed E-state index contributed by atoms with van der Waals surface area (Å²) < 4.78 is 5.84. The molecule has 1 aliphatic carbocycles. The van der Waals surface area contributed by atoms with Crippen molar-refractivity contribution in [3.63, 3.8) is 0 Å². The fourth-order valence-electron chi connectivity index (χ4n) is 2.39. The van der Waals surface area contributed by atoms with E-state index in [0.29, 0.717) is 12.0 Å². The number of carbonyl (C=O) groups is 1. The topological polar surface area (TPSA) is 69.4 Å². The lowest BCUT2D eigenvalue weighted by molar-refractivity contribution is -0.384. The molecule has 1 aromatic carbocycles. The lowest BCUT2D eigenvalue weighted by Gasteiger charge is -2.17. The van der Waals surface area contributed by atoms with Gasteiger partial charge in [0.1, 0.15) is 5.75 Å². The lowest BCUT2D eigenvalue weighted by atomic mass is 10.1. The summed E-state index contributed by atoms with van der Waals surface area (Å²) in [6.45, 7) is 0. The SMILES string of the molecule is O=Cc1cc([N+](=O)[O-])ccc1OC1CCCCCC1. The molecule has 0 heterocycles. The van der Waals surface area contributed by atoms with Crippen LogP contribution in [0.4, 0.5) is 5.69 Å². The zero-order chi connectivity index (χ0) is 13.7. The van der Waals surface area contributed by atoms with E-state index in [1.807, 2.05) is 0 Å². The number of nitro groups is 1. The number of ether oxygens (including phenoxy) is 1. The molecule has 0 radical (unpaired) electrons. The van der Waals surface area contributed by atoms with Crippen LogP contribution in [0.3, 0.4) is 0 Å².